The van der Waals surface area contributed by atoms with Crippen molar-refractivity contribution in [2.75, 3.05) is 0 Å². The van der Waals surface area contributed by atoms with Crippen LogP contribution >= 0.6 is 0 Å². The number of hydrogen-bond donors (Lipinski definition) is 0. The van der Waals surface area contributed by atoms with Crippen LogP contribution < -0.4 is 4.74 Å². The summed E-state index contributed by atoms with van der Waals surface area (Å²) >= 11 is 0. The van der Waals surface area contributed by atoms with E-state index in [1.165, 1.54) is 0 Å². The molecule has 0 bridgehead atoms. The number of rotatable bonds is 3. The molecule has 0 aliphatic heterocycles. The SMILES string of the molecule is O=C(Cc1cccc2ccccc12)Oc1cccc2ccccc12. The number of fused-ring (bicyclic) bond motifs is 2. The summed E-state index contributed by atoms with van der Waals surface area (Å²) in [4.78, 5) is 12.4. The largest absolute Gasteiger partial charge is 0.426 e. The smallest absolute Gasteiger partial charge is 0.315 e. The molecule has 0 aliphatic rings. The predicted molar refractivity (Wildman–Crippen MR) is 97.2 cm³/mol. The number of carbonyl (C=O) groups is 1. The van der Waals surface area contributed by atoms with Crippen LogP contribution in [0, 0.1) is 0 Å². The van der Waals surface area contributed by atoms with Gasteiger partial charge >= 0.3 is 5.97 Å². The van der Waals surface area contributed by atoms with Gasteiger partial charge in [0.25, 0.3) is 0 Å². The Morgan fingerprint density at radius 2 is 1.25 bits per heavy atom. The highest BCUT2D eigenvalue weighted by atomic mass is 16.5. The minimum absolute atomic E-state index is 0.247. The van der Waals surface area contributed by atoms with Crippen molar-refractivity contribution in [1.29, 1.82) is 0 Å². The number of carbonyl (C=O) groups excluding carboxylic acids is 1. The van der Waals surface area contributed by atoms with Gasteiger partial charge in [-0.15, -0.1) is 0 Å². The first-order valence-electron chi connectivity index (χ1n) is 7.96. The van der Waals surface area contributed by atoms with Gasteiger partial charge in [0.15, 0.2) is 0 Å². The Hall–Kier alpha value is -3.13. The van der Waals surface area contributed by atoms with Gasteiger partial charge in [0.2, 0.25) is 0 Å². The molecule has 0 aromatic heterocycles. The summed E-state index contributed by atoms with van der Waals surface area (Å²) in [5, 5.41) is 4.24. The molecule has 0 saturated carbocycles. The van der Waals surface area contributed by atoms with Crippen LogP contribution in [0.3, 0.4) is 0 Å². The van der Waals surface area contributed by atoms with Crippen molar-refractivity contribution in [1.82, 2.24) is 0 Å². The Kier molecular flexibility index (Phi) is 3.72. The lowest BCUT2D eigenvalue weighted by Gasteiger charge is -2.09. The minimum Gasteiger partial charge on any atom is -0.426 e. The quantitative estimate of drug-likeness (QED) is 0.387. The molecule has 0 saturated heterocycles. The van der Waals surface area contributed by atoms with Crippen molar-refractivity contribution in [2.24, 2.45) is 0 Å². The number of ether oxygens (including phenoxy) is 1. The second-order valence-electron chi connectivity index (χ2n) is 5.77. The van der Waals surface area contributed by atoms with Crippen molar-refractivity contribution in [3.05, 3.63) is 90.5 Å². The van der Waals surface area contributed by atoms with E-state index in [0.717, 1.165) is 27.1 Å². The summed E-state index contributed by atoms with van der Waals surface area (Å²) in [6.45, 7) is 0. The van der Waals surface area contributed by atoms with E-state index in [-0.39, 0.29) is 12.4 Å². The van der Waals surface area contributed by atoms with E-state index in [1.54, 1.807) is 0 Å². The summed E-state index contributed by atoms with van der Waals surface area (Å²) in [5.41, 5.74) is 0.985. The summed E-state index contributed by atoms with van der Waals surface area (Å²) < 4.78 is 5.64. The molecule has 0 aliphatic carbocycles. The molecule has 4 aromatic rings. The molecule has 0 atom stereocenters. The third-order valence-corrected chi connectivity index (χ3v) is 4.19. The molecule has 0 spiro atoms. The highest BCUT2D eigenvalue weighted by Crippen LogP contribution is 2.26. The van der Waals surface area contributed by atoms with Gasteiger partial charge in [-0.25, -0.2) is 0 Å². The van der Waals surface area contributed by atoms with Gasteiger partial charge in [-0.1, -0.05) is 78.9 Å². The molecule has 0 radical (unpaired) electrons. The molecule has 2 heteroatoms. The average molecular weight is 312 g/mol. The van der Waals surface area contributed by atoms with E-state index in [9.17, 15) is 4.79 Å². The molecule has 0 N–H and O–H groups in total. The zero-order valence-electron chi connectivity index (χ0n) is 13.1. The highest BCUT2D eigenvalue weighted by molar-refractivity contribution is 5.92. The van der Waals surface area contributed by atoms with Crippen molar-refractivity contribution in [2.45, 2.75) is 6.42 Å². The van der Waals surface area contributed by atoms with Crippen molar-refractivity contribution >= 4 is 27.5 Å². The summed E-state index contributed by atoms with van der Waals surface area (Å²) in [7, 11) is 0. The first kappa shape index (κ1) is 14.5. The molecule has 4 aromatic carbocycles. The second kappa shape index (κ2) is 6.17. The van der Waals surface area contributed by atoms with Gasteiger partial charge in [-0.05, 0) is 27.8 Å². The minimum atomic E-state index is -0.247. The van der Waals surface area contributed by atoms with Crippen LogP contribution in [0.15, 0.2) is 84.9 Å². The molecule has 116 valence electrons. The topological polar surface area (TPSA) is 26.3 Å². The lowest BCUT2D eigenvalue weighted by Crippen LogP contribution is -2.11. The standard InChI is InChI=1S/C22H16O2/c23-22(15-18-11-5-9-16-7-1-3-12-19(16)18)24-21-14-6-10-17-8-2-4-13-20(17)21/h1-14H,15H2. The fraction of sp³-hybridized carbons (Fsp3) is 0.0455. The normalized spacial score (nSPS) is 10.8. The van der Waals surface area contributed by atoms with E-state index in [2.05, 4.69) is 12.1 Å². The van der Waals surface area contributed by atoms with Gasteiger partial charge in [-0.3, -0.25) is 4.79 Å². The Morgan fingerprint density at radius 1 is 0.667 bits per heavy atom. The maximum Gasteiger partial charge on any atom is 0.315 e. The monoisotopic (exact) mass is 312 g/mol. The van der Waals surface area contributed by atoms with E-state index in [0.29, 0.717) is 5.75 Å². The van der Waals surface area contributed by atoms with Crippen LogP contribution in [0.1, 0.15) is 5.56 Å². The van der Waals surface area contributed by atoms with Gasteiger partial charge < -0.3 is 4.74 Å². The van der Waals surface area contributed by atoms with Gasteiger partial charge in [0, 0.05) is 5.39 Å². The van der Waals surface area contributed by atoms with Crippen molar-refractivity contribution < 1.29 is 9.53 Å². The van der Waals surface area contributed by atoms with E-state index >= 15 is 0 Å². The van der Waals surface area contributed by atoms with E-state index in [1.807, 2.05) is 72.8 Å². The van der Waals surface area contributed by atoms with Crippen LogP contribution in [-0.4, -0.2) is 5.97 Å². The summed E-state index contributed by atoms with van der Waals surface area (Å²) in [6, 6.07) is 27.7. The molecule has 4 rings (SSSR count). The number of hydrogen-bond acceptors (Lipinski definition) is 2. The Morgan fingerprint density at radius 3 is 2.04 bits per heavy atom. The van der Waals surface area contributed by atoms with Crippen LogP contribution in [-0.2, 0) is 11.2 Å². The van der Waals surface area contributed by atoms with Crippen LogP contribution in [0.2, 0.25) is 0 Å². The number of benzene rings is 4. The van der Waals surface area contributed by atoms with E-state index in [4.69, 9.17) is 4.74 Å². The van der Waals surface area contributed by atoms with Gasteiger partial charge in [0.1, 0.15) is 5.75 Å². The maximum atomic E-state index is 12.4. The molecule has 0 amide bonds. The maximum absolute atomic E-state index is 12.4. The van der Waals surface area contributed by atoms with Crippen LogP contribution in [0.5, 0.6) is 5.75 Å². The third-order valence-electron chi connectivity index (χ3n) is 4.19. The van der Waals surface area contributed by atoms with Crippen molar-refractivity contribution in [3.63, 3.8) is 0 Å². The van der Waals surface area contributed by atoms with Crippen molar-refractivity contribution in [3.8, 4) is 5.75 Å². The Labute approximate surface area is 140 Å². The molecular formula is C22H16O2. The molecule has 2 nitrogen and oxygen atoms in total. The van der Waals surface area contributed by atoms with Gasteiger partial charge in [0.05, 0.1) is 6.42 Å². The predicted octanol–water partition coefficient (Wildman–Crippen LogP) is 5.14. The molecule has 0 heterocycles. The highest BCUT2D eigenvalue weighted by Gasteiger charge is 2.11. The Balaban J connectivity index is 1.62. The lowest BCUT2D eigenvalue weighted by molar-refractivity contribution is -0.133. The molecule has 24 heavy (non-hydrogen) atoms. The molecule has 0 unspecified atom stereocenters. The third kappa shape index (κ3) is 2.74. The fourth-order valence-electron chi connectivity index (χ4n) is 3.05. The average Bonchev–Trinajstić information content (AvgIpc) is 2.62. The first-order valence-corrected chi connectivity index (χ1v) is 7.96. The summed E-state index contributed by atoms with van der Waals surface area (Å²) in [5.74, 6) is 0.362. The first-order chi connectivity index (χ1) is 11.8. The zero-order valence-corrected chi connectivity index (χ0v) is 13.1. The second-order valence-corrected chi connectivity index (χ2v) is 5.77. The van der Waals surface area contributed by atoms with Crippen LogP contribution in [0.4, 0.5) is 0 Å². The summed E-state index contributed by atoms with van der Waals surface area (Å²) in [6.07, 6.45) is 0.255. The molecular weight excluding hydrogens is 296 g/mol. The van der Waals surface area contributed by atoms with Gasteiger partial charge in [-0.2, -0.15) is 0 Å². The zero-order chi connectivity index (χ0) is 16.4. The number of esters is 1. The lowest BCUT2D eigenvalue weighted by atomic mass is 10.0. The van der Waals surface area contributed by atoms with Crippen LogP contribution in [0.25, 0.3) is 21.5 Å². The fourth-order valence-corrected chi connectivity index (χ4v) is 3.05. The molecule has 0 fully saturated rings. The Bertz CT molecular complexity index is 940. The van der Waals surface area contributed by atoms with E-state index < -0.39 is 0 Å².